The van der Waals surface area contributed by atoms with E-state index in [0.717, 1.165) is 6.61 Å². The van der Waals surface area contributed by atoms with E-state index in [2.05, 4.69) is 6.92 Å². The summed E-state index contributed by atoms with van der Waals surface area (Å²) in [5.41, 5.74) is 0. The summed E-state index contributed by atoms with van der Waals surface area (Å²) >= 11 is -0.719. The molecule has 142 valence electrons. The second-order valence-corrected chi connectivity index (χ2v) is 10.8. The molecule has 0 bridgehead atoms. The zero-order valence-corrected chi connectivity index (χ0v) is 18.0. The second-order valence-electron chi connectivity index (χ2n) is 8.08. The van der Waals surface area contributed by atoms with Crippen LogP contribution in [0.5, 0.6) is 0 Å². The van der Waals surface area contributed by atoms with Gasteiger partial charge in [-0.3, -0.25) is 0 Å². The Balaban J connectivity index is 1.66. The molecular formula is C22H45AlO. The largest absolute Gasteiger partial charge is 0.501 e. The number of unbranched alkanes of at least 4 members (excludes halogenated alkanes) is 15. The van der Waals surface area contributed by atoms with Gasteiger partial charge in [0.15, 0.2) is 0 Å². The third kappa shape index (κ3) is 14.8. The monoisotopic (exact) mass is 352 g/mol. The SMILES string of the molecule is CCCCCCCCCCCCCCCCC[CH2][Al]1[CH2]CCC[O]1. The van der Waals surface area contributed by atoms with E-state index >= 15 is 0 Å². The summed E-state index contributed by atoms with van der Waals surface area (Å²) in [7, 11) is 0. The van der Waals surface area contributed by atoms with Gasteiger partial charge in [0, 0.05) is 6.61 Å². The molecule has 0 unspecified atom stereocenters. The van der Waals surface area contributed by atoms with E-state index in [4.69, 9.17) is 3.79 Å². The Hall–Kier alpha value is 0.492. The molecule has 1 aliphatic heterocycles. The van der Waals surface area contributed by atoms with Crippen molar-refractivity contribution in [1.82, 2.24) is 0 Å². The van der Waals surface area contributed by atoms with Crippen LogP contribution in [0.15, 0.2) is 0 Å². The molecule has 0 atom stereocenters. The minimum Gasteiger partial charge on any atom is -0.501 e. The average molecular weight is 353 g/mol. The molecule has 0 radical (unpaired) electrons. The van der Waals surface area contributed by atoms with Crippen LogP contribution in [0.1, 0.15) is 122 Å². The quantitative estimate of drug-likeness (QED) is 0.190. The topological polar surface area (TPSA) is 9.23 Å². The molecule has 1 heterocycles. The van der Waals surface area contributed by atoms with Crippen LogP contribution in [0, 0.1) is 0 Å². The van der Waals surface area contributed by atoms with Crippen molar-refractivity contribution in [1.29, 1.82) is 0 Å². The maximum atomic E-state index is 5.94. The van der Waals surface area contributed by atoms with Gasteiger partial charge < -0.3 is 3.79 Å². The lowest BCUT2D eigenvalue weighted by atomic mass is 10.0. The smallest absolute Gasteiger partial charge is 0.460 e. The molecule has 2 heteroatoms. The van der Waals surface area contributed by atoms with Gasteiger partial charge in [0.05, 0.1) is 0 Å². The van der Waals surface area contributed by atoms with Gasteiger partial charge in [-0.25, -0.2) is 0 Å². The van der Waals surface area contributed by atoms with Crippen molar-refractivity contribution < 1.29 is 3.79 Å². The average Bonchev–Trinajstić information content (AvgIpc) is 2.62. The first-order valence-corrected chi connectivity index (χ1v) is 13.7. The predicted molar refractivity (Wildman–Crippen MR) is 110 cm³/mol. The van der Waals surface area contributed by atoms with Gasteiger partial charge >= 0.3 is 14.5 Å². The van der Waals surface area contributed by atoms with E-state index in [1.54, 1.807) is 0 Å². The fourth-order valence-corrected chi connectivity index (χ4v) is 6.57. The van der Waals surface area contributed by atoms with Crippen molar-refractivity contribution in [3.8, 4) is 0 Å². The molecule has 0 N–H and O–H groups in total. The van der Waals surface area contributed by atoms with Crippen LogP contribution in [-0.4, -0.2) is 21.1 Å². The first-order chi connectivity index (χ1) is 11.9. The van der Waals surface area contributed by atoms with Crippen molar-refractivity contribution in [3.05, 3.63) is 0 Å². The van der Waals surface area contributed by atoms with Crippen molar-refractivity contribution in [3.63, 3.8) is 0 Å². The highest BCUT2D eigenvalue weighted by Crippen LogP contribution is 2.18. The fraction of sp³-hybridized carbons (Fsp3) is 1.00. The van der Waals surface area contributed by atoms with Crippen LogP contribution < -0.4 is 0 Å². The Morgan fingerprint density at radius 1 is 0.583 bits per heavy atom. The second kappa shape index (κ2) is 18.3. The minimum atomic E-state index is -0.719. The molecule has 0 amide bonds. The fourth-order valence-electron chi connectivity index (χ4n) is 3.96. The predicted octanol–water partition coefficient (Wildman–Crippen LogP) is 8.05. The van der Waals surface area contributed by atoms with Gasteiger partial charge in [0.2, 0.25) is 0 Å². The zero-order valence-electron chi connectivity index (χ0n) is 16.8. The van der Waals surface area contributed by atoms with Crippen LogP contribution in [0.25, 0.3) is 0 Å². The zero-order chi connectivity index (χ0) is 17.1. The first kappa shape index (κ1) is 22.5. The van der Waals surface area contributed by atoms with Crippen molar-refractivity contribution in [2.24, 2.45) is 0 Å². The highest BCUT2D eigenvalue weighted by atomic mass is 27.2. The lowest BCUT2D eigenvalue weighted by molar-refractivity contribution is 0.285. The van der Waals surface area contributed by atoms with Crippen molar-refractivity contribution in [2.75, 3.05) is 6.61 Å². The molecule has 1 saturated heterocycles. The van der Waals surface area contributed by atoms with Gasteiger partial charge in [0.1, 0.15) is 0 Å². The Morgan fingerprint density at radius 2 is 1.04 bits per heavy atom. The molecule has 0 saturated carbocycles. The van der Waals surface area contributed by atoms with E-state index in [9.17, 15) is 0 Å². The molecule has 0 aromatic rings. The van der Waals surface area contributed by atoms with E-state index in [-0.39, 0.29) is 0 Å². The van der Waals surface area contributed by atoms with Crippen LogP contribution in [-0.2, 0) is 3.79 Å². The molecule has 0 spiro atoms. The Kier molecular flexibility index (Phi) is 17.2. The normalized spacial score (nSPS) is 15.1. The standard InChI is InChI=1S/C18H37.C4H8O.Al/c1-3-5-7-9-11-13-15-17-18-16-14-12-10-8-6-4-2;1-2-3-4-5;/h1,3-18H2,2H3;1-4H2;/q;-1;+1. The third-order valence-electron chi connectivity index (χ3n) is 5.65. The summed E-state index contributed by atoms with van der Waals surface area (Å²) in [6.07, 6.45) is 26.3. The summed E-state index contributed by atoms with van der Waals surface area (Å²) in [5, 5.41) is 2.91. The summed E-state index contributed by atoms with van der Waals surface area (Å²) in [4.78, 5) is 0. The molecule has 0 aromatic heterocycles. The molecule has 0 aromatic carbocycles. The van der Waals surface area contributed by atoms with Crippen LogP contribution >= 0.6 is 0 Å². The minimum absolute atomic E-state index is 0.719. The number of rotatable bonds is 17. The molecule has 24 heavy (non-hydrogen) atoms. The third-order valence-corrected chi connectivity index (χ3v) is 8.47. The molecule has 1 nitrogen and oxygen atoms in total. The summed E-state index contributed by atoms with van der Waals surface area (Å²) in [5.74, 6) is 0. The molecular weight excluding hydrogens is 307 g/mol. The molecule has 1 aliphatic rings. The molecule has 1 rings (SSSR count). The first-order valence-electron chi connectivity index (χ1n) is 11.5. The number of hydrogen-bond donors (Lipinski definition) is 0. The van der Waals surface area contributed by atoms with Gasteiger partial charge in [-0.1, -0.05) is 127 Å². The van der Waals surface area contributed by atoms with E-state index in [1.807, 2.05) is 0 Å². The van der Waals surface area contributed by atoms with Crippen LogP contribution in [0.2, 0.25) is 10.6 Å². The van der Waals surface area contributed by atoms with E-state index in [0.29, 0.717) is 0 Å². The summed E-state index contributed by atoms with van der Waals surface area (Å²) in [6, 6.07) is 0. The lowest BCUT2D eigenvalue weighted by Crippen LogP contribution is -2.22. The van der Waals surface area contributed by atoms with Crippen LogP contribution in [0.3, 0.4) is 0 Å². The molecule has 0 aliphatic carbocycles. The highest BCUT2D eigenvalue weighted by Gasteiger charge is 2.22. The molecule has 1 fully saturated rings. The summed E-state index contributed by atoms with van der Waals surface area (Å²) < 4.78 is 5.94. The van der Waals surface area contributed by atoms with Gasteiger partial charge in [-0.2, -0.15) is 0 Å². The van der Waals surface area contributed by atoms with Gasteiger partial charge in [-0.15, -0.1) is 0 Å². The van der Waals surface area contributed by atoms with E-state index in [1.165, 1.54) is 126 Å². The summed E-state index contributed by atoms with van der Waals surface area (Å²) in [6.45, 7) is 3.38. The van der Waals surface area contributed by atoms with Gasteiger partial charge in [-0.05, 0) is 6.42 Å². The van der Waals surface area contributed by atoms with Gasteiger partial charge in [0.25, 0.3) is 0 Å². The van der Waals surface area contributed by atoms with E-state index < -0.39 is 14.5 Å². The number of hydrogen-bond acceptors (Lipinski definition) is 1. The highest BCUT2D eigenvalue weighted by molar-refractivity contribution is 6.51. The van der Waals surface area contributed by atoms with Crippen molar-refractivity contribution >= 4 is 14.5 Å². The van der Waals surface area contributed by atoms with Crippen molar-refractivity contribution in [2.45, 2.75) is 133 Å². The lowest BCUT2D eigenvalue weighted by Gasteiger charge is -2.17. The Morgan fingerprint density at radius 3 is 1.46 bits per heavy atom. The van der Waals surface area contributed by atoms with Crippen LogP contribution in [0.4, 0.5) is 0 Å². The Labute approximate surface area is 158 Å². The maximum absolute atomic E-state index is 5.94. The maximum Gasteiger partial charge on any atom is 0.460 e. The Bertz CT molecular complexity index is 238.